The molecule has 0 saturated carbocycles. The fourth-order valence-corrected chi connectivity index (χ4v) is 4.27. The highest BCUT2D eigenvalue weighted by molar-refractivity contribution is 5.78. The number of likely N-dealkylation sites (tertiary alicyclic amines) is 1. The van der Waals surface area contributed by atoms with E-state index in [0.717, 1.165) is 43.7 Å². The Bertz CT molecular complexity index is 658. The molecule has 2 saturated heterocycles. The summed E-state index contributed by atoms with van der Waals surface area (Å²) in [4.78, 5) is 19.0. The normalized spacial score (nSPS) is 27.6. The minimum absolute atomic E-state index is 0.0179. The number of nitrogens with one attached hydrogen (secondary N) is 1. The van der Waals surface area contributed by atoms with E-state index < -0.39 is 17.2 Å². The van der Waals surface area contributed by atoms with Crippen LogP contribution in [0.25, 0.3) is 0 Å². The van der Waals surface area contributed by atoms with Crippen molar-refractivity contribution in [2.45, 2.75) is 63.8 Å². The zero-order valence-corrected chi connectivity index (χ0v) is 17.2. The van der Waals surface area contributed by atoms with E-state index >= 15 is 0 Å². The molecule has 1 aromatic heterocycles. The monoisotopic (exact) mass is 391 g/mol. The highest BCUT2D eigenvalue weighted by atomic mass is 16.5. The molecule has 7 nitrogen and oxygen atoms in total. The lowest BCUT2D eigenvalue weighted by Crippen LogP contribution is -2.69. The highest BCUT2D eigenvalue weighted by Crippen LogP contribution is 2.40. The molecule has 3 rings (SSSR count). The molecule has 2 fully saturated rings. The number of nitrogens with zero attached hydrogens (tertiary/aromatic N) is 2. The standard InChI is InChI=1S/C21H33N3O4/c1-4-27-15-18(25)23-20(3)9-12-28-21(19(20)26)7-10-24(11-8-21)14-17-6-5-16(2)13-22-17/h5-6,13,19,26H,4,7-12,14-15H2,1-3H3,(H,23,25)/t19-,20+/m0/s1. The Morgan fingerprint density at radius 2 is 2.14 bits per heavy atom. The Hall–Kier alpha value is -1.54. The fourth-order valence-electron chi connectivity index (χ4n) is 4.27. The summed E-state index contributed by atoms with van der Waals surface area (Å²) in [6.45, 7) is 9.30. The van der Waals surface area contributed by atoms with Crippen molar-refractivity contribution in [1.82, 2.24) is 15.2 Å². The number of aliphatic hydroxyl groups is 1. The maximum Gasteiger partial charge on any atom is 0.246 e. The Kier molecular flexibility index (Phi) is 6.70. The molecule has 0 aromatic carbocycles. The van der Waals surface area contributed by atoms with E-state index in [1.54, 1.807) is 0 Å². The molecule has 3 heterocycles. The van der Waals surface area contributed by atoms with E-state index in [-0.39, 0.29) is 12.5 Å². The number of aliphatic hydroxyl groups excluding tert-OH is 1. The molecule has 28 heavy (non-hydrogen) atoms. The summed E-state index contributed by atoms with van der Waals surface area (Å²) in [5.41, 5.74) is 0.904. The molecule has 156 valence electrons. The molecule has 2 aliphatic heterocycles. The minimum Gasteiger partial charge on any atom is -0.388 e. The van der Waals surface area contributed by atoms with Crippen molar-refractivity contribution >= 4 is 5.91 Å². The molecule has 0 aliphatic carbocycles. The van der Waals surface area contributed by atoms with Crippen LogP contribution >= 0.6 is 0 Å². The number of ether oxygens (including phenoxy) is 2. The van der Waals surface area contributed by atoms with E-state index in [1.807, 2.05) is 27.0 Å². The van der Waals surface area contributed by atoms with Gasteiger partial charge in [0.25, 0.3) is 0 Å². The van der Waals surface area contributed by atoms with Crippen LogP contribution in [0.1, 0.15) is 44.4 Å². The SMILES string of the molecule is CCOCC(=O)N[C@]1(C)CCOC2(CCN(Cc3ccc(C)cn3)CC2)[C@H]1O. The Labute approximate surface area is 167 Å². The average molecular weight is 392 g/mol. The lowest BCUT2D eigenvalue weighted by atomic mass is 9.73. The summed E-state index contributed by atoms with van der Waals surface area (Å²) in [5, 5.41) is 14.2. The summed E-state index contributed by atoms with van der Waals surface area (Å²) in [6.07, 6.45) is 3.20. The number of carbonyl (C=O) groups is 1. The van der Waals surface area contributed by atoms with Gasteiger partial charge >= 0.3 is 0 Å². The first-order chi connectivity index (χ1) is 13.4. The number of carbonyl (C=O) groups excluding carboxylic acids is 1. The smallest absolute Gasteiger partial charge is 0.246 e. The van der Waals surface area contributed by atoms with Gasteiger partial charge in [-0.05, 0) is 51.7 Å². The Morgan fingerprint density at radius 1 is 1.39 bits per heavy atom. The topological polar surface area (TPSA) is 83.9 Å². The lowest BCUT2D eigenvalue weighted by Gasteiger charge is -2.53. The first-order valence-corrected chi connectivity index (χ1v) is 10.2. The predicted octanol–water partition coefficient (Wildman–Crippen LogP) is 1.42. The quantitative estimate of drug-likeness (QED) is 0.763. The zero-order chi connectivity index (χ0) is 20.2. The number of pyridine rings is 1. The van der Waals surface area contributed by atoms with Gasteiger partial charge in [0.1, 0.15) is 12.7 Å². The third-order valence-electron chi connectivity index (χ3n) is 6.04. The van der Waals surface area contributed by atoms with Gasteiger partial charge in [0, 0.05) is 39.0 Å². The maximum absolute atomic E-state index is 12.2. The third kappa shape index (κ3) is 4.71. The third-order valence-corrected chi connectivity index (χ3v) is 6.04. The number of aryl methyl sites for hydroxylation is 1. The van der Waals surface area contributed by atoms with Gasteiger partial charge in [-0.25, -0.2) is 0 Å². The van der Waals surface area contributed by atoms with Gasteiger partial charge in [0.05, 0.1) is 16.8 Å². The second-order valence-electron chi connectivity index (χ2n) is 8.27. The predicted molar refractivity (Wildman–Crippen MR) is 106 cm³/mol. The number of rotatable bonds is 6. The molecular weight excluding hydrogens is 358 g/mol. The summed E-state index contributed by atoms with van der Waals surface area (Å²) in [6, 6.07) is 4.15. The van der Waals surface area contributed by atoms with Crippen LogP contribution < -0.4 is 5.32 Å². The van der Waals surface area contributed by atoms with Crippen LogP contribution in [-0.2, 0) is 20.8 Å². The van der Waals surface area contributed by atoms with Crippen LogP contribution in [0.5, 0.6) is 0 Å². The first-order valence-electron chi connectivity index (χ1n) is 10.2. The molecule has 2 aliphatic rings. The van der Waals surface area contributed by atoms with Crippen LogP contribution in [0.15, 0.2) is 18.3 Å². The molecule has 2 atom stereocenters. The van der Waals surface area contributed by atoms with Crippen molar-refractivity contribution in [3.8, 4) is 0 Å². The second-order valence-corrected chi connectivity index (χ2v) is 8.27. The molecular formula is C21H33N3O4. The van der Waals surface area contributed by atoms with Gasteiger partial charge in [-0.1, -0.05) is 6.07 Å². The number of hydrogen-bond acceptors (Lipinski definition) is 6. The largest absolute Gasteiger partial charge is 0.388 e. The molecule has 7 heteroatoms. The second kappa shape index (κ2) is 8.86. The van der Waals surface area contributed by atoms with Crippen molar-refractivity contribution in [1.29, 1.82) is 0 Å². The molecule has 2 N–H and O–H groups in total. The molecule has 0 bridgehead atoms. The first kappa shape index (κ1) is 21.2. The minimum atomic E-state index is -0.751. The van der Waals surface area contributed by atoms with E-state index in [9.17, 15) is 9.90 Å². The maximum atomic E-state index is 12.2. The van der Waals surface area contributed by atoms with Crippen molar-refractivity contribution in [2.75, 3.05) is 32.9 Å². The summed E-state index contributed by atoms with van der Waals surface area (Å²) < 4.78 is 11.3. The molecule has 1 spiro atoms. The van der Waals surface area contributed by atoms with Crippen LogP contribution in [0, 0.1) is 6.92 Å². The number of piperidine rings is 1. The summed E-state index contributed by atoms with van der Waals surface area (Å²) >= 11 is 0. The molecule has 1 amide bonds. The van der Waals surface area contributed by atoms with Crippen LogP contribution in [-0.4, -0.2) is 71.1 Å². The summed E-state index contributed by atoms with van der Waals surface area (Å²) in [7, 11) is 0. The molecule has 0 unspecified atom stereocenters. The van der Waals surface area contributed by atoms with Crippen molar-refractivity contribution < 1.29 is 19.4 Å². The fraction of sp³-hybridized carbons (Fsp3) is 0.714. The highest BCUT2D eigenvalue weighted by Gasteiger charge is 2.53. The van der Waals surface area contributed by atoms with Gasteiger partial charge in [-0.15, -0.1) is 0 Å². The average Bonchev–Trinajstić information content (AvgIpc) is 2.68. The van der Waals surface area contributed by atoms with Gasteiger partial charge in [0.15, 0.2) is 0 Å². The van der Waals surface area contributed by atoms with E-state index in [1.165, 1.54) is 0 Å². The lowest BCUT2D eigenvalue weighted by molar-refractivity contribution is -0.208. The number of amides is 1. The Balaban J connectivity index is 1.59. The van der Waals surface area contributed by atoms with Crippen LogP contribution in [0.4, 0.5) is 0 Å². The van der Waals surface area contributed by atoms with Gasteiger partial charge in [0.2, 0.25) is 5.91 Å². The zero-order valence-electron chi connectivity index (χ0n) is 17.2. The van der Waals surface area contributed by atoms with E-state index in [0.29, 0.717) is 19.6 Å². The van der Waals surface area contributed by atoms with Crippen LogP contribution in [0.2, 0.25) is 0 Å². The van der Waals surface area contributed by atoms with E-state index in [2.05, 4.69) is 27.3 Å². The van der Waals surface area contributed by atoms with Crippen LogP contribution in [0.3, 0.4) is 0 Å². The number of aromatic nitrogens is 1. The van der Waals surface area contributed by atoms with Crippen molar-refractivity contribution in [2.24, 2.45) is 0 Å². The van der Waals surface area contributed by atoms with Crippen molar-refractivity contribution in [3.63, 3.8) is 0 Å². The Morgan fingerprint density at radius 3 is 2.79 bits per heavy atom. The van der Waals surface area contributed by atoms with E-state index in [4.69, 9.17) is 9.47 Å². The van der Waals surface area contributed by atoms with Crippen molar-refractivity contribution in [3.05, 3.63) is 29.6 Å². The molecule has 1 aromatic rings. The number of hydrogen-bond donors (Lipinski definition) is 2. The van der Waals surface area contributed by atoms with Gasteiger partial charge < -0.3 is 19.9 Å². The van der Waals surface area contributed by atoms with Gasteiger partial charge in [-0.3, -0.25) is 14.7 Å². The van der Waals surface area contributed by atoms with Gasteiger partial charge in [-0.2, -0.15) is 0 Å². The summed E-state index contributed by atoms with van der Waals surface area (Å²) in [5.74, 6) is -0.191. The molecule has 0 radical (unpaired) electrons.